The van der Waals surface area contributed by atoms with E-state index in [0.29, 0.717) is 11.3 Å². The predicted octanol–water partition coefficient (Wildman–Crippen LogP) is 3.32. The number of rotatable bonds is 3. The number of hydrogen-bond donors (Lipinski definition) is 2. The molecular weight excluding hydrogens is 297 g/mol. The molecule has 0 spiro atoms. The van der Waals surface area contributed by atoms with Crippen molar-refractivity contribution >= 4 is 23.0 Å². The fraction of sp³-hybridized carbons (Fsp3) is 0.0714. The van der Waals surface area contributed by atoms with Crippen LogP contribution in [-0.4, -0.2) is 7.11 Å². The van der Waals surface area contributed by atoms with E-state index in [0.717, 1.165) is 0 Å². The van der Waals surface area contributed by atoms with E-state index < -0.39 is 5.82 Å². The van der Waals surface area contributed by atoms with E-state index in [1.807, 2.05) is 6.07 Å². The van der Waals surface area contributed by atoms with Crippen molar-refractivity contribution < 1.29 is 13.9 Å². The summed E-state index contributed by atoms with van der Waals surface area (Å²) in [5.41, 5.74) is 11.5. The number of ether oxygens (including phenoxy) is 2. The van der Waals surface area contributed by atoms with Gasteiger partial charge in [-0.1, -0.05) is 11.6 Å². The lowest BCUT2D eigenvalue weighted by atomic mass is 10.2. The van der Waals surface area contributed by atoms with Crippen molar-refractivity contribution in [1.82, 2.24) is 0 Å². The van der Waals surface area contributed by atoms with Crippen molar-refractivity contribution in [2.75, 3.05) is 18.6 Å². The fourth-order valence-electron chi connectivity index (χ4n) is 1.68. The van der Waals surface area contributed by atoms with Gasteiger partial charge in [0.15, 0.2) is 11.6 Å². The molecule has 0 saturated carbocycles. The van der Waals surface area contributed by atoms with Crippen LogP contribution in [0.3, 0.4) is 0 Å². The zero-order valence-corrected chi connectivity index (χ0v) is 11.7. The Kier molecular flexibility index (Phi) is 4.05. The first-order chi connectivity index (χ1) is 9.96. The molecule has 2 aromatic rings. The number of nitriles is 1. The maximum Gasteiger partial charge on any atom is 0.188 e. The van der Waals surface area contributed by atoms with Gasteiger partial charge in [-0.2, -0.15) is 5.26 Å². The topological polar surface area (TPSA) is 94.3 Å². The molecule has 4 N–H and O–H groups in total. The lowest BCUT2D eigenvalue weighted by molar-refractivity contribution is 0.405. The molecule has 0 aliphatic rings. The van der Waals surface area contributed by atoms with Crippen molar-refractivity contribution in [2.24, 2.45) is 0 Å². The van der Waals surface area contributed by atoms with E-state index in [1.54, 1.807) is 0 Å². The third kappa shape index (κ3) is 2.93. The molecule has 0 fully saturated rings. The molecule has 0 radical (unpaired) electrons. The van der Waals surface area contributed by atoms with Crippen LogP contribution in [0.2, 0.25) is 5.02 Å². The molecule has 2 rings (SSSR count). The molecule has 0 atom stereocenters. The summed E-state index contributed by atoms with van der Waals surface area (Å²) in [6, 6.07) is 7.67. The van der Waals surface area contributed by atoms with E-state index in [2.05, 4.69) is 0 Å². The number of benzene rings is 2. The first-order valence-electron chi connectivity index (χ1n) is 5.76. The van der Waals surface area contributed by atoms with Gasteiger partial charge in [-0.05, 0) is 18.2 Å². The second kappa shape index (κ2) is 5.77. The highest BCUT2D eigenvalue weighted by atomic mass is 35.5. The summed E-state index contributed by atoms with van der Waals surface area (Å²) in [5.74, 6) is -0.538. The second-order valence-corrected chi connectivity index (χ2v) is 4.50. The summed E-state index contributed by atoms with van der Waals surface area (Å²) in [7, 11) is 1.44. The number of nitrogens with two attached hydrogens (primary N) is 2. The maximum atomic E-state index is 14.1. The minimum Gasteiger partial charge on any atom is -0.497 e. The number of nitrogens with zero attached hydrogens (tertiary/aromatic N) is 1. The Morgan fingerprint density at radius 1 is 1.14 bits per heavy atom. The minimum absolute atomic E-state index is 0.00396. The predicted molar refractivity (Wildman–Crippen MR) is 78.0 cm³/mol. The van der Waals surface area contributed by atoms with Gasteiger partial charge < -0.3 is 20.9 Å². The van der Waals surface area contributed by atoms with Crippen LogP contribution in [0.4, 0.5) is 15.8 Å². The van der Waals surface area contributed by atoms with Crippen molar-refractivity contribution in [3.8, 4) is 23.3 Å². The summed E-state index contributed by atoms with van der Waals surface area (Å²) in [4.78, 5) is 0. The summed E-state index contributed by atoms with van der Waals surface area (Å²) in [6.45, 7) is 0. The molecule has 108 valence electrons. The molecule has 21 heavy (non-hydrogen) atoms. The highest BCUT2D eigenvalue weighted by Crippen LogP contribution is 2.38. The first-order valence-corrected chi connectivity index (χ1v) is 6.14. The summed E-state index contributed by atoms with van der Waals surface area (Å²) < 4.78 is 24.5. The Hall–Kier alpha value is -2.65. The zero-order valence-electron chi connectivity index (χ0n) is 11.0. The Bertz CT molecular complexity index is 744. The monoisotopic (exact) mass is 307 g/mol. The van der Waals surface area contributed by atoms with Gasteiger partial charge >= 0.3 is 0 Å². The SMILES string of the molecule is COc1cc(C#N)cc(Oc2c(N)cc(N)c(Cl)c2F)c1. The number of methoxy groups -OCH3 is 1. The largest absolute Gasteiger partial charge is 0.497 e. The van der Waals surface area contributed by atoms with Gasteiger partial charge in [0, 0.05) is 6.07 Å². The van der Waals surface area contributed by atoms with E-state index in [4.69, 9.17) is 37.8 Å². The van der Waals surface area contributed by atoms with Crippen LogP contribution in [0.25, 0.3) is 0 Å². The zero-order chi connectivity index (χ0) is 15.6. The Labute approximate surface area is 125 Å². The summed E-state index contributed by atoms with van der Waals surface area (Å²) >= 11 is 5.73. The van der Waals surface area contributed by atoms with Gasteiger partial charge in [0.25, 0.3) is 0 Å². The summed E-state index contributed by atoms with van der Waals surface area (Å²) in [5, 5.41) is 8.66. The maximum absolute atomic E-state index is 14.1. The van der Waals surface area contributed by atoms with Crippen LogP contribution in [0.1, 0.15) is 5.56 Å². The highest BCUT2D eigenvalue weighted by molar-refractivity contribution is 6.33. The van der Waals surface area contributed by atoms with Crippen molar-refractivity contribution in [2.45, 2.75) is 0 Å². The number of nitrogen functional groups attached to an aromatic ring is 2. The third-order valence-electron chi connectivity index (χ3n) is 2.68. The van der Waals surface area contributed by atoms with Crippen molar-refractivity contribution in [3.63, 3.8) is 0 Å². The lowest BCUT2D eigenvalue weighted by Crippen LogP contribution is -2.00. The van der Waals surface area contributed by atoms with Crippen molar-refractivity contribution in [3.05, 3.63) is 40.7 Å². The van der Waals surface area contributed by atoms with Crippen LogP contribution in [0.15, 0.2) is 24.3 Å². The van der Waals surface area contributed by atoms with Gasteiger partial charge in [0.05, 0.1) is 30.1 Å². The average Bonchev–Trinajstić information content (AvgIpc) is 2.49. The molecule has 0 amide bonds. The molecular formula is C14H11ClFN3O2. The second-order valence-electron chi connectivity index (χ2n) is 4.12. The quantitative estimate of drug-likeness (QED) is 0.848. The standard InChI is InChI=1S/C14H11ClFN3O2/c1-20-8-2-7(6-17)3-9(4-8)21-14-11(19)5-10(18)12(15)13(14)16/h2-5H,18-19H2,1H3. The molecule has 0 heterocycles. The van der Waals surface area contributed by atoms with Crippen LogP contribution < -0.4 is 20.9 Å². The van der Waals surface area contributed by atoms with Crippen molar-refractivity contribution in [1.29, 1.82) is 5.26 Å². The molecule has 0 bridgehead atoms. The Balaban J connectivity index is 2.48. The molecule has 7 heteroatoms. The molecule has 0 aliphatic carbocycles. The molecule has 0 aromatic heterocycles. The van der Waals surface area contributed by atoms with Gasteiger partial charge in [0.2, 0.25) is 0 Å². The summed E-state index contributed by atoms with van der Waals surface area (Å²) in [6.07, 6.45) is 0. The number of halogens is 2. The van der Waals surface area contributed by atoms with Crippen LogP contribution in [-0.2, 0) is 0 Å². The van der Waals surface area contributed by atoms with Crippen LogP contribution in [0.5, 0.6) is 17.2 Å². The smallest absolute Gasteiger partial charge is 0.188 e. The Morgan fingerprint density at radius 2 is 1.81 bits per heavy atom. The fourth-order valence-corrected chi connectivity index (χ4v) is 1.82. The Morgan fingerprint density at radius 3 is 2.43 bits per heavy atom. The molecule has 0 aliphatic heterocycles. The van der Waals surface area contributed by atoms with E-state index in [1.165, 1.54) is 31.4 Å². The van der Waals surface area contributed by atoms with Gasteiger partial charge in [0.1, 0.15) is 16.5 Å². The van der Waals surface area contributed by atoms with E-state index in [9.17, 15) is 4.39 Å². The molecule has 0 saturated heterocycles. The first kappa shape index (κ1) is 14.8. The minimum atomic E-state index is -0.865. The highest BCUT2D eigenvalue weighted by Gasteiger charge is 2.17. The van der Waals surface area contributed by atoms with Crippen LogP contribution in [0, 0.1) is 17.1 Å². The number of hydrogen-bond acceptors (Lipinski definition) is 5. The van der Waals surface area contributed by atoms with Crippen LogP contribution >= 0.6 is 11.6 Å². The van der Waals surface area contributed by atoms with Gasteiger partial charge in [-0.15, -0.1) is 0 Å². The number of anilines is 2. The molecule has 5 nitrogen and oxygen atoms in total. The lowest BCUT2D eigenvalue weighted by Gasteiger charge is -2.13. The van der Waals surface area contributed by atoms with E-state index in [-0.39, 0.29) is 27.9 Å². The molecule has 2 aromatic carbocycles. The van der Waals surface area contributed by atoms with Gasteiger partial charge in [-0.3, -0.25) is 0 Å². The average molecular weight is 308 g/mol. The third-order valence-corrected chi connectivity index (χ3v) is 3.07. The van der Waals surface area contributed by atoms with Gasteiger partial charge in [-0.25, -0.2) is 4.39 Å². The van der Waals surface area contributed by atoms with E-state index >= 15 is 0 Å². The normalized spacial score (nSPS) is 10.0. The molecule has 0 unspecified atom stereocenters.